The van der Waals surface area contributed by atoms with Crippen LogP contribution in [0.25, 0.3) is 0 Å². The van der Waals surface area contributed by atoms with Gasteiger partial charge in [0.1, 0.15) is 5.75 Å². The Morgan fingerprint density at radius 3 is 2.50 bits per heavy atom. The number of hydrogen-bond acceptors (Lipinski definition) is 4. The number of nitrogens with zero attached hydrogens (tertiary/aromatic N) is 3. The number of halogens is 2. The summed E-state index contributed by atoms with van der Waals surface area (Å²) >= 11 is 14.0. The fourth-order valence-electron chi connectivity index (χ4n) is 2.56. The quantitative estimate of drug-likeness (QED) is 0.479. The molecule has 136 valence electrons. The standard InChI is InChI=1S/C19H19Cl2N3OS/c1-12-6-4-7-14(10-12)25-13(2)18-22-23-19(24(18)3)26-11-15-16(20)8-5-9-17(15)21/h4-10,13H,11H2,1-3H3/t13-/m1/s1. The average molecular weight is 408 g/mol. The minimum Gasteiger partial charge on any atom is -0.483 e. The lowest BCUT2D eigenvalue weighted by molar-refractivity contribution is 0.211. The molecule has 0 aliphatic carbocycles. The molecule has 0 aliphatic heterocycles. The molecule has 1 heterocycles. The highest BCUT2D eigenvalue weighted by Crippen LogP contribution is 2.31. The maximum absolute atomic E-state index is 6.23. The fourth-order valence-corrected chi connectivity index (χ4v) is 4.22. The Labute approximate surface area is 167 Å². The lowest BCUT2D eigenvalue weighted by atomic mass is 10.2. The number of benzene rings is 2. The largest absolute Gasteiger partial charge is 0.483 e. The molecule has 0 fully saturated rings. The summed E-state index contributed by atoms with van der Waals surface area (Å²) in [6.07, 6.45) is -0.215. The van der Waals surface area contributed by atoms with E-state index in [-0.39, 0.29) is 6.10 Å². The molecule has 0 spiro atoms. The van der Waals surface area contributed by atoms with Crippen LogP contribution in [0, 0.1) is 6.92 Å². The molecule has 0 N–H and O–H groups in total. The molecule has 0 radical (unpaired) electrons. The Bertz CT molecular complexity index is 893. The summed E-state index contributed by atoms with van der Waals surface area (Å²) < 4.78 is 7.94. The molecule has 0 saturated carbocycles. The van der Waals surface area contributed by atoms with Crippen molar-refractivity contribution in [3.8, 4) is 5.75 Å². The van der Waals surface area contributed by atoms with E-state index in [1.165, 1.54) is 0 Å². The molecule has 1 aromatic heterocycles. The molecule has 3 rings (SSSR count). The van der Waals surface area contributed by atoms with Gasteiger partial charge in [-0.25, -0.2) is 0 Å². The fraction of sp³-hybridized carbons (Fsp3) is 0.263. The molecule has 26 heavy (non-hydrogen) atoms. The van der Waals surface area contributed by atoms with Crippen LogP contribution in [0.15, 0.2) is 47.6 Å². The zero-order valence-corrected chi connectivity index (χ0v) is 17.1. The van der Waals surface area contributed by atoms with E-state index in [4.69, 9.17) is 27.9 Å². The Balaban J connectivity index is 1.71. The van der Waals surface area contributed by atoms with Gasteiger partial charge in [-0.3, -0.25) is 0 Å². The van der Waals surface area contributed by atoms with Crippen LogP contribution in [0.4, 0.5) is 0 Å². The van der Waals surface area contributed by atoms with Gasteiger partial charge in [-0.15, -0.1) is 10.2 Å². The number of aromatic nitrogens is 3. The van der Waals surface area contributed by atoms with Crippen LogP contribution in [0.3, 0.4) is 0 Å². The van der Waals surface area contributed by atoms with Crippen molar-refractivity contribution < 1.29 is 4.74 Å². The van der Waals surface area contributed by atoms with Crippen LogP contribution in [0.5, 0.6) is 5.75 Å². The van der Waals surface area contributed by atoms with E-state index < -0.39 is 0 Å². The Hall–Kier alpha value is -1.69. The van der Waals surface area contributed by atoms with E-state index in [0.717, 1.165) is 27.9 Å². The second-order valence-electron chi connectivity index (χ2n) is 5.97. The predicted octanol–water partition coefficient (Wildman–Crippen LogP) is 5.86. The third-order valence-corrected chi connectivity index (χ3v) is 5.70. The van der Waals surface area contributed by atoms with Crippen LogP contribution < -0.4 is 4.74 Å². The molecule has 0 bridgehead atoms. The zero-order valence-electron chi connectivity index (χ0n) is 14.7. The first kappa shape index (κ1) is 19.1. The Kier molecular flexibility index (Phi) is 6.12. The normalized spacial score (nSPS) is 12.2. The van der Waals surface area contributed by atoms with Gasteiger partial charge in [-0.05, 0) is 49.2 Å². The average Bonchev–Trinajstić information content (AvgIpc) is 2.95. The van der Waals surface area contributed by atoms with Crippen molar-refractivity contribution in [3.63, 3.8) is 0 Å². The minimum atomic E-state index is -0.215. The van der Waals surface area contributed by atoms with Crippen LogP contribution in [0.2, 0.25) is 10.0 Å². The van der Waals surface area contributed by atoms with Crippen molar-refractivity contribution >= 4 is 35.0 Å². The summed E-state index contributed by atoms with van der Waals surface area (Å²) in [6, 6.07) is 13.5. The first-order valence-electron chi connectivity index (χ1n) is 8.14. The molecule has 0 amide bonds. The molecule has 0 aliphatic rings. The lowest BCUT2D eigenvalue weighted by Crippen LogP contribution is -2.10. The first-order chi connectivity index (χ1) is 12.5. The Morgan fingerprint density at radius 2 is 1.81 bits per heavy atom. The number of ether oxygens (including phenoxy) is 1. The monoisotopic (exact) mass is 407 g/mol. The van der Waals surface area contributed by atoms with Crippen LogP contribution in [0.1, 0.15) is 30.0 Å². The third kappa shape index (κ3) is 4.34. The second-order valence-corrected chi connectivity index (χ2v) is 7.72. The maximum atomic E-state index is 6.23. The van der Waals surface area contributed by atoms with Gasteiger partial charge < -0.3 is 9.30 Å². The lowest BCUT2D eigenvalue weighted by Gasteiger charge is -2.14. The number of rotatable bonds is 6. The molecule has 4 nitrogen and oxygen atoms in total. The van der Waals surface area contributed by atoms with Gasteiger partial charge in [0.15, 0.2) is 17.1 Å². The van der Waals surface area contributed by atoms with Crippen LogP contribution in [-0.4, -0.2) is 14.8 Å². The molecular weight excluding hydrogens is 389 g/mol. The van der Waals surface area contributed by atoms with Gasteiger partial charge in [0, 0.05) is 22.8 Å². The number of thioether (sulfide) groups is 1. The van der Waals surface area contributed by atoms with Gasteiger partial charge in [-0.2, -0.15) is 0 Å². The van der Waals surface area contributed by atoms with Crippen molar-refractivity contribution in [2.75, 3.05) is 0 Å². The SMILES string of the molecule is Cc1cccc(O[C@H](C)c2nnc(SCc3c(Cl)cccc3Cl)n2C)c1. The van der Waals surface area contributed by atoms with E-state index in [9.17, 15) is 0 Å². The second kappa shape index (κ2) is 8.33. The molecule has 1 atom stereocenters. The van der Waals surface area contributed by atoms with Gasteiger partial charge in [-0.1, -0.05) is 53.2 Å². The third-order valence-electron chi connectivity index (χ3n) is 3.94. The highest BCUT2D eigenvalue weighted by molar-refractivity contribution is 7.98. The predicted molar refractivity (Wildman–Crippen MR) is 107 cm³/mol. The molecule has 2 aromatic carbocycles. The molecule has 0 saturated heterocycles. The summed E-state index contributed by atoms with van der Waals surface area (Å²) in [7, 11) is 1.93. The van der Waals surface area contributed by atoms with Gasteiger partial charge in [0.2, 0.25) is 0 Å². The summed E-state index contributed by atoms with van der Waals surface area (Å²) in [4.78, 5) is 0. The smallest absolute Gasteiger partial charge is 0.191 e. The van der Waals surface area contributed by atoms with Gasteiger partial charge in [0.25, 0.3) is 0 Å². The molecule has 7 heteroatoms. The highest BCUT2D eigenvalue weighted by Gasteiger charge is 2.18. The van der Waals surface area contributed by atoms with Gasteiger partial charge >= 0.3 is 0 Å². The zero-order chi connectivity index (χ0) is 18.7. The van der Waals surface area contributed by atoms with Crippen LogP contribution in [-0.2, 0) is 12.8 Å². The van der Waals surface area contributed by atoms with E-state index in [0.29, 0.717) is 15.8 Å². The first-order valence-corrected chi connectivity index (χ1v) is 9.88. The Morgan fingerprint density at radius 1 is 1.12 bits per heavy atom. The van der Waals surface area contributed by atoms with Crippen LogP contribution >= 0.6 is 35.0 Å². The number of aryl methyl sites for hydroxylation is 1. The topological polar surface area (TPSA) is 39.9 Å². The van der Waals surface area contributed by atoms with E-state index in [1.54, 1.807) is 11.8 Å². The van der Waals surface area contributed by atoms with Crippen molar-refractivity contribution in [2.24, 2.45) is 7.05 Å². The van der Waals surface area contributed by atoms with E-state index in [1.807, 2.05) is 67.9 Å². The maximum Gasteiger partial charge on any atom is 0.191 e. The molecule has 0 unspecified atom stereocenters. The minimum absolute atomic E-state index is 0.215. The van der Waals surface area contributed by atoms with Crippen molar-refractivity contribution in [1.29, 1.82) is 0 Å². The van der Waals surface area contributed by atoms with E-state index >= 15 is 0 Å². The molecular formula is C19H19Cl2N3OS. The highest BCUT2D eigenvalue weighted by atomic mass is 35.5. The number of hydrogen-bond donors (Lipinski definition) is 0. The summed E-state index contributed by atoms with van der Waals surface area (Å²) in [5.41, 5.74) is 2.05. The van der Waals surface area contributed by atoms with E-state index in [2.05, 4.69) is 10.2 Å². The summed E-state index contributed by atoms with van der Waals surface area (Å²) in [5, 5.41) is 10.7. The molecule has 3 aromatic rings. The van der Waals surface area contributed by atoms with Crippen molar-refractivity contribution in [1.82, 2.24) is 14.8 Å². The summed E-state index contributed by atoms with van der Waals surface area (Å²) in [6.45, 7) is 4.00. The van der Waals surface area contributed by atoms with Gasteiger partial charge in [0.05, 0.1) is 0 Å². The van der Waals surface area contributed by atoms with Crippen molar-refractivity contribution in [2.45, 2.75) is 30.9 Å². The van der Waals surface area contributed by atoms with Crippen molar-refractivity contribution in [3.05, 3.63) is 69.5 Å². The summed E-state index contributed by atoms with van der Waals surface area (Å²) in [5.74, 6) is 2.20.